The maximum absolute atomic E-state index is 14.5. The number of fused-ring (bicyclic) bond motifs is 5. The third-order valence-corrected chi connectivity index (χ3v) is 6.19. The molecule has 1 amide bonds. The van der Waals surface area contributed by atoms with E-state index in [4.69, 9.17) is 0 Å². The summed E-state index contributed by atoms with van der Waals surface area (Å²) in [4.78, 5) is 13.1. The molecule has 4 nitrogen and oxygen atoms in total. The second kappa shape index (κ2) is 6.79. The highest BCUT2D eigenvalue weighted by Crippen LogP contribution is 2.54. The summed E-state index contributed by atoms with van der Waals surface area (Å²) < 4.78 is 29.4. The van der Waals surface area contributed by atoms with Gasteiger partial charge in [0, 0.05) is 17.5 Å². The Morgan fingerprint density at radius 1 is 1.14 bits per heavy atom. The summed E-state index contributed by atoms with van der Waals surface area (Å²) in [5.74, 6) is -1.03. The molecule has 3 aromatic rings. The molecule has 0 spiro atoms. The molecular weight excluding hydrogens is 372 g/mol. The molecule has 1 unspecified atom stereocenters. The zero-order valence-corrected chi connectivity index (χ0v) is 16.0. The molecule has 0 saturated heterocycles. The van der Waals surface area contributed by atoms with Gasteiger partial charge in [0.05, 0.1) is 11.7 Å². The van der Waals surface area contributed by atoms with Gasteiger partial charge in [-0.05, 0) is 49.8 Å². The average Bonchev–Trinajstić information content (AvgIpc) is 3.41. The zero-order chi connectivity index (χ0) is 20.1. The highest BCUT2D eigenvalue weighted by molar-refractivity contribution is 5.95. The number of hydrogen-bond donors (Lipinski definition) is 1. The van der Waals surface area contributed by atoms with E-state index in [2.05, 4.69) is 10.4 Å². The van der Waals surface area contributed by atoms with Gasteiger partial charge in [0.15, 0.2) is 11.5 Å². The standard InChI is InChI=1S/C23H21F2N3O/c1-13(14-5-3-2-4-6-14)26-23(29)21-20-15-7-8-16(11-15)22(20)28(27-21)19-10-9-17(24)12-18(19)25/h2-6,9-10,12-13,15-16H,7-8,11H2,1H3,(H,26,29)/t13?,15-,16-/m0/s1. The first kappa shape index (κ1) is 18.0. The summed E-state index contributed by atoms with van der Waals surface area (Å²) in [6.45, 7) is 1.93. The molecule has 1 heterocycles. The molecule has 1 fully saturated rings. The van der Waals surface area contributed by atoms with Crippen LogP contribution < -0.4 is 5.32 Å². The van der Waals surface area contributed by atoms with E-state index in [1.54, 1.807) is 0 Å². The van der Waals surface area contributed by atoms with Crippen molar-refractivity contribution in [2.75, 3.05) is 0 Å². The first-order valence-electron chi connectivity index (χ1n) is 9.97. The van der Waals surface area contributed by atoms with Crippen molar-refractivity contribution in [3.05, 3.63) is 82.7 Å². The van der Waals surface area contributed by atoms with Gasteiger partial charge in [-0.3, -0.25) is 4.79 Å². The first-order chi connectivity index (χ1) is 14.0. The van der Waals surface area contributed by atoms with Crippen molar-refractivity contribution < 1.29 is 13.6 Å². The Labute approximate surface area is 167 Å². The SMILES string of the molecule is CC(NC(=O)c1nn(-c2ccc(F)cc2F)c2c1[C@H]1CC[C@H]2C1)c1ccccc1. The zero-order valence-electron chi connectivity index (χ0n) is 16.0. The lowest BCUT2D eigenvalue weighted by Gasteiger charge is -2.15. The molecule has 1 N–H and O–H groups in total. The molecule has 148 valence electrons. The molecule has 1 saturated carbocycles. The predicted octanol–water partition coefficient (Wildman–Crippen LogP) is 5.01. The fraction of sp³-hybridized carbons (Fsp3) is 0.304. The summed E-state index contributed by atoms with van der Waals surface area (Å²) >= 11 is 0. The van der Waals surface area contributed by atoms with Gasteiger partial charge in [-0.25, -0.2) is 13.5 Å². The lowest BCUT2D eigenvalue weighted by Crippen LogP contribution is -2.28. The van der Waals surface area contributed by atoms with E-state index in [1.807, 2.05) is 37.3 Å². The Balaban J connectivity index is 1.54. The van der Waals surface area contributed by atoms with E-state index >= 15 is 0 Å². The van der Waals surface area contributed by atoms with Crippen LogP contribution in [0, 0.1) is 11.6 Å². The Bertz CT molecular complexity index is 1090. The third kappa shape index (κ3) is 2.94. The number of amides is 1. The van der Waals surface area contributed by atoms with Gasteiger partial charge in [-0.15, -0.1) is 0 Å². The van der Waals surface area contributed by atoms with Crippen LogP contribution in [0.5, 0.6) is 0 Å². The molecule has 5 rings (SSSR count). The smallest absolute Gasteiger partial charge is 0.272 e. The van der Waals surface area contributed by atoms with Crippen LogP contribution in [0.25, 0.3) is 5.69 Å². The van der Waals surface area contributed by atoms with Crippen molar-refractivity contribution in [2.24, 2.45) is 0 Å². The summed E-state index contributed by atoms with van der Waals surface area (Å²) in [5.41, 5.74) is 3.39. The molecule has 0 radical (unpaired) electrons. The molecular formula is C23H21F2N3O. The fourth-order valence-electron chi connectivity index (χ4n) is 4.82. The van der Waals surface area contributed by atoms with Gasteiger partial charge in [0.2, 0.25) is 0 Å². The molecule has 2 bridgehead atoms. The topological polar surface area (TPSA) is 46.9 Å². The lowest BCUT2D eigenvalue weighted by molar-refractivity contribution is 0.0933. The van der Waals surface area contributed by atoms with E-state index in [1.165, 1.54) is 16.8 Å². The number of carbonyl (C=O) groups excluding carboxylic acids is 1. The van der Waals surface area contributed by atoms with Gasteiger partial charge in [0.25, 0.3) is 5.91 Å². The molecule has 29 heavy (non-hydrogen) atoms. The first-order valence-corrected chi connectivity index (χ1v) is 9.97. The van der Waals surface area contributed by atoms with Crippen LogP contribution in [0.15, 0.2) is 48.5 Å². The number of benzene rings is 2. The van der Waals surface area contributed by atoms with Gasteiger partial charge < -0.3 is 5.32 Å². The van der Waals surface area contributed by atoms with Crippen LogP contribution in [0.2, 0.25) is 0 Å². The number of nitrogens with zero attached hydrogens (tertiary/aromatic N) is 2. The van der Waals surface area contributed by atoms with Crippen LogP contribution in [0.3, 0.4) is 0 Å². The Kier molecular flexibility index (Phi) is 4.23. The van der Waals surface area contributed by atoms with Gasteiger partial charge in [-0.2, -0.15) is 5.10 Å². The van der Waals surface area contributed by atoms with Crippen LogP contribution in [0.1, 0.15) is 71.4 Å². The van der Waals surface area contributed by atoms with Crippen LogP contribution >= 0.6 is 0 Å². The minimum atomic E-state index is -0.678. The van der Waals surface area contributed by atoms with E-state index in [-0.39, 0.29) is 29.5 Å². The molecule has 2 aliphatic carbocycles. The molecule has 3 atom stereocenters. The second-order valence-electron chi connectivity index (χ2n) is 7.97. The van der Waals surface area contributed by atoms with Crippen molar-refractivity contribution in [3.8, 4) is 5.69 Å². The van der Waals surface area contributed by atoms with Crippen LogP contribution in [0.4, 0.5) is 8.78 Å². The maximum atomic E-state index is 14.5. The maximum Gasteiger partial charge on any atom is 0.272 e. The number of rotatable bonds is 4. The van der Waals surface area contributed by atoms with E-state index in [0.29, 0.717) is 5.69 Å². The number of carbonyl (C=O) groups is 1. The number of halogens is 2. The second-order valence-corrected chi connectivity index (χ2v) is 7.97. The predicted molar refractivity (Wildman–Crippen MR) is 105 cm³/mol. The summed E-state index contributed by atoms with van der Waals surface area (Å²) in [6, 6.07) is 13.0. The molecule has 0 aliphatic heterocycles. The minimum Gasteiger partial charge on any atom is -0.344 e. The van der Waals surface area contributed by atoms with Crippen LogP contribution in [-0.2, 0) is 0 Å². The van der Waals surface area contributed by atoms with Crippen molar-refractivity contribution in [2.45, 2.75) is 44.1 Å². The summed E-state index contributed by atoms with van der Waals surface area (Å²) in [5, 5.41) is 7.54. The van der Waals surface area contributed by atoms with E-state index in [0.717, 1.165) is 42.1 Å². The van der Waals surface area contributed by atoms with Crippen molar-refractivity contribution >= 4 is 5.91 Å². The largest absolute Gasteiger partial charge is 0.344 e. The summed E-state index contributed by atoms with van der Waals surface area (Å²) in [6.07, 6.45) is 2.99. The Morgan fingerprint density at radius 2 is 1.90 bits per heavy atom. The average molecular weight is 393 g/mol. The van der Waals surface area contributed by atoms with Gasteiger partial charge >= 0.3 is 0 Å². The Hall–Kier alpha value is -3.02. The number of nitrogens with one attached hydrogen (secondary N) is 1. The normalized spacial score (nSPS) is 20.5. The molecule has 1 aromatic heterocycles. The van der Waals surface area contributed by atoms with Crippen molar-refractivity contribution in [1.29, 1.82) is 0 Å². The van der Waals surface area contributed by atoms with Crippen LogP contribution in [-0.4, -0.2) is 15.7 Å². The minimum absolute atomic E-state index is 0.175. The van der Waals surface area contributed by atoms with Gasteiger partial charge in [0.1, 0.15) is 11.5 Å². The highest BCUT2D eigenvalue weighted by Gasteiger charge is 2.44. The molecule has 6 heteroatoms. The molecule has 2 aromatic carbocycles. The van der Waals surface area contributed by atoms with E-state index in [9.17, 15) is 13.6 Å². The molecule has 2 aliphatic rings. The number of hydrogen-bond acceptors (Lipinski definition) is 2. The van der Waals surface area contributed by atoms with E-state index < -0.39 is 11.6 Å². The number of aromatic nitrogens is 2. The fourth-order valence-corrected chi connectivity index (χ4v) is 4.82. The lowest BCUT2D eigenvalue weighted by atomic mass is 9.95. The van der Waals surface area contributed by atoms with Crippen molar-refractivity contribution in [3.63, 3.8) is 0 Å². The third-order valence-electron chi connectivity index (χ3n) is 6.19. The Morgan fingerprint density at radius 3 is 2.66 bits per heavy atom. The monoisotopic (exact) mass is 393 g/mol. The summed E-state index contributed by atoms with van der Waals surface area (Å²) in [7, 11) is 0. The van der Waals surface area contributed by atoms with Crippen molar-refractivity contribution in [1.82, 2.24) is 15.1 Å². The van der Waals surface area contributed by atoms with Gasteiger partial charge in [-0.1, -0.05) is 30.3 Å². The quantitative estimate of drug-likeness (QED) is 0.678. The highest BCUT2D eigenvalue weighted by atomic mass is 19.1.